The zero-order valence-corrected chi connectivity index (χ0v) is 24.1. The molecule has 7 atom stereocenters. The Labute approximate surface area is 251 Å². The lowest BCUT2D eigenvalue weighted by Gasteiger charge is -2.43. The number of ether oxygens (including phenoxy) is 5. The highest BCUT2D eigenvalue weighted by molar-refractivity contribution is 6.31. The number of phenols is 2. The van der Waals surface area contributed by atoms with Crippen LogP contribution in [0.4, 0.5) is 0 Å². The molecule has 13 nitrogen and oxygen atoms in total. The molecule has 0 bridgehead atoms. The van der Waals surface area contributed by atoms with Crippen molar-refractivity contribution in [2.75, 3.05) is 33.5 Å². The number of methoxy groups -OCH3 is 1. The van der Waals surface area contributed by atoms with Crippen molar-refractivity contribution < 1.29 is 58.5 Å². The maximum Gasteiger partial charge on any atom is 0.202 e. The Morgan fingerprint density at radius 3 is 2.64 bits per heavy atom. The maximum atomic E-state index is 13.8. The second kappa shape index (κ2) is 10.6. The van der Waals surface area contributed by atoms with Crippen LogP contribution in [0.15, 0.2) is 18.2 Å². The van der Waals surface area contributed by atoms with Gasteiger partial charge in [0.05, 0.1) is 49.2 Å². The van der Waals surface area contributed by atoms with E-state index < -0.39 is 83.5 Å². The molecular formula is C31H33NO12. The van der Waals surface area contributed by atoms with Crippen LogP contribution in [-0.2, 0) is 30.2 Å². The minimum atomic E-state index is -2.21. The normalized spacial score (nSPS) is 32.7. The summed E-state index contributed by atoms with van der Waals surface area (Å²) in [5.41, 5.74) is -3.33. The number of Topliss-reactive ketones (excluding diaryl/α,β-unsaturated/α-hetero) is 1. The summed E-state index contributed by atoms with van der Waals surface area (Å²) < 4.78 is 29.6. The van der Waals surface area contributed by atoms with Crippen LogP contribution in [0.1, 0.15) is 68.8 Å². The van der Waals surface area contributed by atoms with E-state index in [1.165, 1.54) is 25.3 Å². The zero-order valence-electron chi connectivity index (χ0n) is 24.1. The molecule has 0 spiro atoms. The van der Waals surface area contributed by atoms with Gasteiger partial charge in [0.1, 0.15) is 41.8 Å². The number of rotatable bonds is 5. The molecule has 0 unspecified atom stereocenters. The number of carbonyl (C=O) groups excluding carboxylic acids is 3. The van der Waals surface area contributed by atoms with Crippen LogP contribution in [0, 0.1) is 0 Å². The van der Waals surface area contributed by atoms with E-state index in [4.69, 9.17) is 23.7 Å². The second-order valence-corrected chi connectivity index (χ2v) is 11.9. The topological polar surface area (TPSA) is 182 Å². The van der Waals surface area contributed by atoms with E-state index in [0.717, 1.165) is 0 Å². The quantitative estimate of drug-likeness (QED) is 0.297. The SMILES string of the molecule is COc1cccc2c1C(=O)c1c(O)c3c(c(O)c1C2=O)C[C@@](O)(C(=O)CO)C[C@@H]3O[C@H]1C[C@H]2[C@H](O[C@@H]3COCCN32)[C@H](C)O1. The zero-order chi connectivity index (χ0) is 31.1. The first-order valence-electron chi connectivity index (χ1n) is 14.6. The van der Waals surface area contributed by atoms with Crippen LogP contribution < -0.4 is 4.74 Å². The van der Waals surface area contributed by atoms with Crippen molar-refractivity contribution in [3.05, 3.63) is 51.6 Å². The van der Waals surface area contributed by atoms with Gasteiger partial charge in [-0.15, -0.1) is 0 Å². The van der Waals surface area contributed by atoms with Crippen LogP contribution >= 0.6 is 0 Å². The number of benzene rings is 2. The summed E-state index contributed by atoms with van der Waals surface area (Å²) in [5, 5.41) is 44.4. The van der Waals surface area contributed by atoms with Gasteiger partial charge in [0.2, 0.25) is 5.78 Å². The van der Waals surface area contributed by atoms with Gasteiger partial charge in [0.25, 0.3) is 0 Å². The lowest BCUT2D eigenvalue weighted by molar-refractivity contribution is -0.247. The minimum absolute atomic E-state index is 0.0267. The predicted octanol–water partition coefficient (Wildman–Crippen LogP) is 0.739. The Morgan fingerprint density at radius 1 is 1.11 bits per heavy atom. The summed E-state index contributed by atoms with van der Waals surface area (Å²) in [6.07, 6.45) is -3.62. The third kappa shape index (κ3) is 4.22. The van der Waals surface area contributed by atoms with Crippen molar-refractivity contribution in [3.8, 4) is 17.2 Å². The van der Waals surface area contributed by atoms with E-state index >= 15 is 0 Å². The Balaban J connectivity index is 1.32. The summed E-state index contributed by atoms with van der Waals surface area (Å²) in [6.45, 7) is 2.49. The third-order valence-corrected chi connectivity index (χ3v) is 9.56. The van der Waals surface area contributed by atoms with Crippen molar-refractivity contribution in [1.82, 2.24) is 4.90 Å². The average Bonchev–Trinajstić information content (AvgIpc) is 3.39. The molecule has 3 aliphatic heterocycles. The number of hydrogen-bond donors (Lipinski definition) is 4. The Kier molecular flexibility index (Phi) is 7.05. The first kappa shape index (κ1) is 29.3. The smallest absolute Gasteiger partial charge is 0.202 e. The standard InChI is InChI=1S/C31H33NO12/c1-13-30-16(32-6-7-41-12-20(32)44-30)8-21(42-13)43-18-10-31(39,19(34)11-33)9-15-23(18)29(38)25-24(27(15)36)26(35)14-4-3-5-17(40-2)22(14)28(25)37/h3-5,13,16,18,20-21,30,33,36,38-39H,6-12H2,1-2H3/t13-,16-,18-,20+,21-,30+,31-/m0/s1. The van der Waals surface area contributed by atoms with Crippen LogP contribution in [0.3, 0.4) is 0 Å². The highest BCUT2D eigenvalue weighted by atomic mass is 16.7. The number of hydrogen-bond acceptors (Lipinski definition) is 13. The molecule has 13 heteroatoms. The van der Waals surface area contributed by atoms with Crippen LogP contribution in [-0.4, -0.2) is 113 Å². The van der Waals surface area contributed by atoms with Gasteiger partial charge in [-0.05, 0) is 13.0 Å². The molecule has 3 fully saturated rings. The van der Waals surface area contributed by atoms with Gasteiger partial charge in [-0.25, -0.2) is 0 Å². The number of carbonyl (C=O) groups is 3. The van der Waals surface area contributed by atoms with Gasteiger partial charge in [0.15, 0.2) is 17.9 Å². The summed E-state index contributed by atoms with van der Waals surface area (Å²) in [4.78, 5) is 42.5. The Morgan fingerprint density at radius 2 is 1.89 bits per heavy atom. The van der Waals surface area contributed by atoms with Crippen molar-refractivity contribution in [2.24, 2.45) is 0 Å². The van der Waals surface area contributed by atoms with Gasteiger partial charge >= 0.3 is 0 Å². The predicted molar refractivity (Wildman–Crippen MR) is 148 cm³/mol. The molecule has 3 saturated heterocycles. The molecule has 0 amide bonds. The van der Waals surface area contributed by atoms with E-state index in [-0.39, 0.29) is 46.4 Å². The lowest BCUT2D eigenvalue weighted by Crippen LogP contribution is -2.53. The van der Waals surface area contributed by atoms with E-state index in [9.17, 15) is 34.8 Å². The monoisotopic (exact) mass is 611 g/mol. The summed E-state index contributed by atoms with van der Waals surface area (Å²) in [7, 11) is 1.35. The summed E-state index contributed by atoms with van der Waals surface area (Å²) >= 11 is 0. The first-order chi connectivity index (χ1) is 21.1. The Hall–Kier alpha value is -3.43. The van der Waals surface area contributed by atoms with Crippen LogP contribution in [0.25, 0.3) is 0 Å². The van der Waals surface area contributed by atoms with Gasteiger partial charge in [0, 0.05) is 48.5 Å². The number of fused-ring (bicyclic) bond motifs is 6. The molecule has 0 saturated carbocycles. The van der Waals surface area contributed by atoms with E-state index in [1.807, 2.05) is 6.92 Å². The maximum absolute atomic E-state index is 13.8. The first-order valence-corrected chi connectivity index (χ1v) is 14.6. The fourth-order valence-electron chi connectivity index (χ4n) is 7.48. The van der Waals surface area contributed by atoms with E-state index in [2.05, 4.69) is 4.90 Å². The Bertz CT molecular complexity index is 1570. The fraction of sp³-hybridized carbons (Fsp3) is 0.516. The highest BCUT2D eigenvalue weighted by Gasteiger charge is 2.53. The molecule has 4 N–H and O–H groups in total. The largest absolute Gasteiger partial charge is 0.507 e. The molecular weight excluding hydrogens is 578 g/mol. The van der Waals surface area contributed by atoms with Crippen LogP contribution in [0.5, 0.6) is 17.2 Å². The summed E-state index contributed by atoms with van der Waals surface area (Å²) in [6, 6.07) is 4.37. The molecule has 2 aromatic rings. The van der Waals surface area contributed by atoms with Crippen molar-refractivity contribution >= 4 is 17.3 Å². The van der Waals surface area contributed by atoms with Crippen molar-refractivity contribution in [3.63, 3.8) is 0 Å². The summed E-state index contributed by atoms with van der Waals surface area (Å²) in [5.74, 6) is -3.54. The number of aromatic hydroxyl groups is 2. The molecule has 234 valence electrons. The average molecular weight is 612 g/mol. The number of aliphatic hydroxyl groups excluding tert-OH is 1. The highest BCUT2D eigenvalue weighted by Crippen LogP contribution is 2.53. The van der Waals surface area contributed by atoms with Crippen LogP contribution in [0.2, 0.25) is 0 Å². The molecule has 2 aliphatic carbocycles. The lowest BCUT2D eigenvalue weighted by atomic mass is 9.72. The number of nitrogens with zero attached hydrogens (tertiary/aromatic N) is 1. The molecule has 5 aliphatic rings. The van der Waals surface area contributed by atoms with Gasteiger partial charge in [-0.2, -0.15) is 0 Å². The van der Waals surface area contributed by atoms with Gasteiger partial charge < -0.3 is 44.1 Å². The van der Waals surface area contributed by atoms with E-state index in [0.29, 0.717) is 26.2 Å². The number of morpholine rings is 1. The molecule has 44 heavy (non-hydrogen) atoms. The molecule has 7 rings (SSSR count). The molecule has 3 heterocycles. The van der Waals surface area contributed by atoms with Gasteiger partial charge in [-0.1, -0.05) is 12.1 Å². The van der Waals surface area contributed by atoms with E-state index in [1.54, 1.807) is 0 Å². The molecule has 0 aromatic heterocycles. The number of aliphatic hydroxyl groups is 2. The number of ketones is 3. The minimum Gasteiger partial charge on any atom is -0.507 e. The third-order valence-electron chi connectivity index (χ3n) is 9.56. The fourth-order valence-corrected chi connectivity index (χ4v) is 7.48. The second-order valence-electron chi connectivity index (χ2n) is 11.9. The molecule has 2 aromatic carbocycles. The van der Waals surface area contributed by atoms with Crippen molar-refractivity contribution in [2.45, 2.75) is 68.7 Å². The number of phenolic OH excluding ortho intramolecular Hbond substituents is 2. The molecule has 0 radical (unpaired) electrons. The van der Waals surface area contributed by atoms with Gasteiger partial charge in [-0.3, -0.25) is 19.3 Å². The van der Waals surface area contributed by atoms with Crippen molar-refractivity contribution in [1.29, 1.82) is 0 Å².